The quantitative estimate of drug-likeness (QED) is 0.202. The van der Waals surface area contributed by atoms with Crippen molar-refractivity contribution in [1.29, 1.82) is 0 Å². The molecule has 0 fully saturated rings. The lowest BCUT2D eigenvalue weighted by Gasteiger charge is -2.10. The van der Waals surface area contributed by atoms with Crippen molar-refractivity contribution in [3.8, 4) is 11.5 Å². The van der Waals surface area contributed by atoms with Gasteiger partial charge in [-0.1, -0.05) is 39.7 Å². The molecule has 3 aromatic carbocycles. The predicted molar refractivity (Wildman–Crippen MR) is 131 cm³/mol. The van der Waals surface area contributed by atoms with Gasteiger partial charge in [-0.05, 0) is 61.0 Å². The topological polar surface area (TPSA) is 106 Å². The third kappa shape index (κ3) is 7.01. The SMILES string of the molecule is COc1cc(C=NNC(=O)CNC(=O)c2cccc(Br)c2)ccc1OC(=O)c1ccc(C)cc1. The van der Waals surface area contributed by atoms with E-state index >= 15 is 0 Å². The summed E-state index contributed by atoms with van der Waals surface area (Å²) >= 11 is 3.29. The molecule has 0 saturated heterocycles. The lowest BCUT2D eigenvalue weighted by atomic mass is 10.1. The summed E-state index contributed by atoms with van der Waals surface area (Å²) in [5.74, 6) is -0.783. The molecule has 0 unspecified atom stereocenters. The number of esters is 1. The standard InChI is InChI=1S/C25H22BrN3O5/c1-16-6-9-18(10-7-16)25(32)34-21-11-8-17(12-22(21)33-2)14-28-29-23(30)15-27-24(31)19-4-3-5-20(26)13-19/h3-14H,15H2,1-2H3,(H,27,31)(H,29,30). The first-order valence-electron chi connectivity index (χ1n) is 10.2. The number of benzene rings is 3. The number of carbonyl (C=O) groups is 3. The molecule has 2 N–H and O–H groups in total. The average Bonchev–Trinajstić information content (AvgIpc) is 2.83. The summed E-state index contributed by atoms with van der Waals surface area (Å²) in [6, 6.07) is 18.7. The number of hydrazone groups is 1. The number of aryl methyl sites for hydroxylation is 1. The molecule has 34 heavy (non-hydrogen) atoms. The fourth-order valence-corrected chi connectivity index (χ4v) is 3.21. The number of amides is 2. The molecule has 0 aliphatic heterocycles. The zero-order chi connectivity index (χ0) is 24.5. The molecule has 0 aliphatic rings. The van der Waals surface area contributed by atoms with E-state index < -0.39 is 11.9 Å². The number of ether oxygens (including phenoxy) is 2. The van der Waals surface area contributed by atoms with E-state index in [0.717, 1.165) is 10.0 Å². The number of methoxy groups -OCH3 is 1. The van der Waals surface area contributed by atoms with Crippen LogP contribution in [0, 0.1) is 6.92 Å². The third-order valence-electron chi connectivity index (χ3n) is 4.58. The van der Waals surface area contributed by atoms with Crippen LogP contribution in [0.5, 0.6) is 11.5 Å². The largest absolute Gasteiger partial charge is 0.493 e. The van der Waals surface area contributed by atoms with Crippen LogP contribution in [0.1, 0.15) is 31.8 Å². The predicted octanol–water partition coefficient (Wildman–Crippen LogP) is 3.87. The van der Waals surface area contributed by atoms with Gasteiger partial charge in [-0.2, -0.15) is 5.10 Å². The second-order valence-corrected chi connectivity index (χ2v) is 8.07. The van der Waals surface area contributed by atoms with E-state index in [9.17, 15) is 14.4 Å². The van der Waals surface area contributed by atoms with Crippen LogP contribution in [0.25, 0.3) is 0 Å². The molecule has 0 aliphatic carbocycles. The molecule has 174 valence electrons. The van der Waals surface area contributed by atoms with Gasteiger partial charge in [-0.3, -0.25) is 9.59 Å². The van der Waals surface area contributed by atoms with Crippen molar-refractivity contribution in [3.63, 3.8) is 0 Å². The van der Waals surface area contributed by atoms with E-state index in [0.29, 0.717) is 22.4 Å². The molecule has 0 radical (unpaired) electrons. The zero-order valence-electron chi connectivity index (χ0n) is 18.5. The molecule has 0 spiro atoms. The van der Waals surface area contributed by atoms with E-state index in [1.54, 1.807) is 54.6 Å². The van der Waals surface area contributed by atoms with Crippen molar-refractivity contribution in [3.05, 3.63) is 93.5 Å². The van der Waals surface area contributed by atoms with E-state index in [-0.39, 0.29) is 18.2 Å². The Morgan fingerprint density at radius 2 is 1.74 bits per heavy atom. The fourth-order valence-electron chi connectivity index (χ4n) is 2.81. The van der Waals surface area contributed by atoms with E-state index in [4.69, 9.17) is 9.47 Å². The minimum atomic E-state index is -0.503. The number of hydrogen-bond acceptors (Lipinski definition) is 6. The van der Waals surface area contributed by atoms with Crippen molar-refractivity contribution in [1.82, 2.24) is 10.7 Å². The third-order valence-corrected chi connectivity index (χ3v) is 5.07. The number of halogens is 1. The van der Waals surface area contributed by atoms with Crippen LogP contribution in [-0.4, -0.2) is 37.7 Å². The number of hydrogen-bond donors (Lipinski definition) is 2. The number of nitrogens with one attached hydrogen (secondary N) is 2. The van der Waals surface area contributed by atoms with Crippen LogP contribution in [0.15, 0.2) is 76.3 Å². The van der Waals surface area contributed by atoms with Crippen LogP contribution < -0.4 is 20.2 Å². The lowest BCUT2D eigenvalue weighted by Crippen LogP contribution is -2.34. The van der Waals surface area contributed by atoms with Gasteiger partial charge in [0, 0.05) is 10.0 Å². The van der Waals surface area contributed by atoms with Crippen LogP contribution in [-0.2, 0) is 4.79 Å². The zero-order valence-corrected chi connectivity index (χ0v) is 20.1. The number of nitrogens with zero attached hydrogens (tertiary/aromatic N) is 1. The first-order valence-corrected chi connectivity index (χ1v) is 11.0. The second kappa shape index (κ2) is 11.8. The molecule has 9 heteroatoms. The Labute approximate surface area is 205 Å². The van der Waals surface area contributed by atoms with Crippen molar-refractivity contribution < 1.29 is 23.9 Å². The molecule has 0 heterocycles. The van der Waals surface area contributed by atoms with Gasteiger partial charge < -0.3 is 14.8 Å². The fraction of sp³-hybridized carbons (Fsp3) is 0.120. The van der Waals surface area contributed by atoms with Gasteiger partial charge >= 0.3 is 5.97 Å². The Balaban J connectivity index is 1.54. The van der Waals surface area contributed by atoms with E-state index in [1.165, 1.54) is 13.3 Å². The van der Waals surface area contributed by atoms with Gasteiger partial charge in [0.25, 0.3) is 11.8 Å². The first kappa shape index (κ1) is 24.7. The summed E-state index contributed by atoms with van der Waals surface area (Å²) in [5, 5.41) is 6.40. The van der Waals surface area contributed by atoms with Crippen LogP contribution >= 0.6 is 15.9 Å². The second-order valence-electron chi connectivity index (χ2n) is 7.15. The lowest BCUT2D eigenvalue weighted by molar-refractivity contribution is -0.120. The molecule has 0 saturated carbocycles. The molecule has 0 bridgehead atoms. The van der Waals surface area contributed by atoms with Crippen LogP contribution in [0.2, 0.25) is 0 Å². The molecule has 8 nitrogen and oxygen atoms in total. The summed E-state index contributed by atoms with van der Waals surface area (Å²) in [7, 11) is 1.45. The Kier molecular flexibility index (Phi) is 8.53. The van der Waals surface area contributed by atoms with Crippen molar-refractivity contribution in [2.24, 2.45) is 5.10 Å². The minimum absolute atomic E-state index is 0.236. The Bertz CT molecular complexity index is 1230. The molecule has 0 atom stereocenters. The van der Waals surface area contributed by atoms with Gasteiger partial charge in [0.05, 0.1) is 25.4 Å². The van der Waals surface area contributed by atoms with Crippen LogP contribution in [0.4, 0.5) is 0 Å². The number of rotatable bonds is 8. The molecular weight excluding hydrogens is 502 g/mol. The summed E-state index contributed by atoms with van der Waals surface area (Å²) in [6.45, 7) is 1.70. The van der Waals surface area contributed by atoms with Gasteiger partial charge in [-0.15, -0.1) is 0 Å². The van der Waals surface area contributed by atoms with E-state index in [1.807, 2.05) is 19.1 Å². The maximum absolute atomic E-state index is 12.4. The maximum atomic E-state index is 12.4. The highest BCUT2D eigenvalue weighted by molar-refractivity contribution is 9.10. The number of carbonyl (C=O) groups excluding carboxylic acids is 3. The molecule has 3 aromatic rings. The molecule has 2 amide bonds. The molecule has 3 rings (SSSR count). The highest BCUT2D eigenvalue weighted by Crippen LogP contribution is 2.28. The highest BCUT2D eigenvalue weighted by atomic mass is 79.9. The first-order chi connectivity index (χ1) is 16.4. The van der Waals surface area contributed by atoms with Gasteiger partial charge in [0.15, 0.2) is 11.5 Å². The van der Waals surface area contributed by atoms with Gasteiger partial charge in [0.2, 0.25) is 0 Å². The van der Waals surface area contributed by atoms with E-state index in [2.05, 4.69) is 31.8 Å². The smallest absolute Gasteiger partial charge is 0.343 e. The Morgan fingerprint density at radius 1 is 0.971 bits per heavy atom. The monoisotopic (exact) mass is 523 g/mol. The summed E-state index contributed by atoms with van der Waals surface area (Å²) < 4.78 is 11.5. The van der Waals surface area contributed by atoms with Gasteiger partial charge in [-0.25, -0.2) is 10.2 Å². The summed E-state index contributed by atoms with van der Waals surface area (Å²) in [5.41, 5.74) is 4.84. The normalized spacial score (nSPS) is 10.6. The van der Waals surface area contributed by atoms with Crippen LogP contribution in [0.3, 0.4) is 0 Å². The Morgan fingerprint density at radius 3 is 2.44 bits per heavy atom. The molecular formula is C25H22BrN3O5. The van der Waals surface area contributed by atoms with Crippen molar-refractivity contribution in [2.45, 2.75) is 6.92 Å². The molecule has 0 aromatic heterocycles. The Hall–Kier alpha value is -3.98. The van der Waals surface area contributed by atoms with Crippen molar-refractivity contribution in [2.75, 3.05) is 13.7 Å². The average molecular weight is 524 g/mol. The highest BCUT2D eigenvalue weighted by Gasteiger charge is 2.13. The summed E-state index contributed by atoms with van der Waals surface area (Å²) in [4.78, 5) is 36.4. The van der Waals surface area contributed by atoms with Gasteiger partial charge in [0.1, 0.15) is 0 Å². The minimum Gasteiger partial charge on any atom is -0.493 e. The summed E-state index contributed by atoms with van der Waals surface area (Å²) in [6.07, 6.45) is 1.40. The maximum Gasteiger partial charge on any atom is 0.343 e. The van der Waals surface area contributed by atoms with Crippen molar-refractivity contribution >= 4 is 39.9 Å².